The molecular formula is C16H21N3S. The van der Waals surface area contributed by atoms with Gasteiger partial charge < -0.3 is 0 Å². The van der Waals surface area contributed by atoms with Gasteiger partial charge in [0.15, 0.2) is 4.96 Å². The first kappa shape index (κ1) is 13.6. The van der Waals surface area contributed by atoms with Crippen LogP contribution in [-0.2, 0) is 6.42 Å². The summed E-state index contributed by atoms with van der Waals surface area (Å²) < 4.78 is 2.06. The third-order valence-electron chi connectivity index (χ3n) is 4.83. The summed E-state index contributed by atoms with van der Waals surface area (Å²) in [6.45, 7) is 4.60. The molecule has 2 aromatic heterocycles. The second-order valence-electron chi connectivity index (χ2n) is 6.48. The Balaban J connectivity index is 1.74. The van der Waals surface area contributed by atoms with E-state index in [1.807, 2.05) is 11.6 Å². The molecule has 1 fully saturated rings. The van der Waals surface area contributed by atoms with Gasteiger partial charge in [-0.15, -0.1) is 11.3 Å². The van der Waals surface area contributed by atoms with Crippen molar-refractivity contribution in [2.75, 3.05) is 0 Å². The van der Waals surface area contributed by atoms with Crippen LogP contribution in [0.1, 0.15) is 45.2 Å². The highest BCUT2D eigenvalue weighted by Crippen LogP contribution is 2.43. The summed E-state index contributed by atoms with van der Waals surface area (Å²) >= 11 is 1.65. The summed E-state index contributed by atoms with van der Waals surface area (Å²) in [5, 5.41) is 11.7. The highest BCUT2D eigenvalue weighted by atomic mass is 32.1. The van der Waals surface area contributed by atoms with Crippen molar-refractivity contribution < 1.29 is 0 Å². The van der Waals surface area contributed by atoms with E-state index in [2.05, 4.69) is 35.5 Å². The lowest BCUT2D eigenvalue weighted by atomic mass is 9.67. The number of nitrogens with zero attached hydrogens (tertiary/aromatic N) is 3. The molecule has 0 spiro atoms. The molecule has 0 radical (unpaired) electrons. The van der Waals surface area contributed by atoms with Crippen LogP contribution in [0.25, 0.3) is 4.96 Å². The fourth-order valence-electron chi connectivity index (χ4n) is 3.40. The van der Waals surface area contributed by atoms with E-state index in [0.29, 0.717) is 0 Å². The van der Waals surface area contributed by atoms with E-state index in [9.17, 15) is 5.26 Å². The Kier molecular flexibility index (Phi) is 3.55. The molecule has 106 valence electrons. The van der Waals surface area contributed by atoms with Gasteiger partial charge in [0.1, 0.15) is 0 Å². The van der Waals surface area contributed by atoms with Crippen molar-refractivity contribution in [3.8, 4) is 6.07 Å². The lowest BCUT2D eigenvalue weighted by molar-refractivity contribution is 0.174. The first-order valence-corrected chi connectivity index (χ1v) is 8.32. The lowest BCUT2D eigenvalue weighted by Crippen LogP contribution is -2.30. The van der Waals surface area contributed by atoms with Gasteiger partial charge >= 0.3 is 0 Å². The predicted molar refractivity (Wildman–Crippen MR) is 81.6 cm³/mol. The van der Waals surface area contributed by atoms with Gasteiger partial charge in [-0.25, -0.2) is 4.98 Å². The summed E-state index contributed by atoms with van der Waals surface area (Å²) in [6.07, 6.45) is 9.35. The second-order valence-corrected chi connectivity index (χ2v) is 7.35. The van der Waals surface area contributed by atoms with E-state index in [0.717, 1.165) is 41.8 Å². The van der Waals surface area contributed by atoms with E-state index < -0.39 is 0 Å². The number of hydrogen-bond donors (Lipinski definition) is 0. The largest absolute Gasteiger partial charge is 0.297 e. The summed E-state index contributed by atoms with van der Waals surface area (Å²) in [7, 11) is 0. The highest BCUT2D eigenvalue weighted by molar-refractivity contribution is 7.15. The minimum absolute atomic E-state index is 0.185. The molecule has 4 heteroatoms. The molecule has 2 heterocycles. The molecule has 2 aromatic rings. The first-order chi connectivity index (χ1) is 9.62. The van der Waals surface area contributed by atoms with Gasteiger partial charge in [-0.3, -0.25) is 4.40 Å². The average molecular weight is 287 g/mol. The summed E-state index contributed by atoms with van der Waals surface area (Å²) in [5.41, 5.74) is 0.886. The molecule has 0 aromatic carbocycles. The van der Waals surface area contributed by atoms with Gasteiger partial charge in [0.2, 0.25) is 0 Å². The van der Waals surface area contributed by atoms with Crippen molar-refractivity contribution in [3.63, 3.8) is 0 Å². The molecule has 0 unspecified atom stereocenters. The minimum Gasteiger partial charge on any atom is -0.297 e. The van der Waals surface area contributed by atoms with Crippen LogP contribution in [0.3, 0.4) is 0 Å². The van der Waals surface area contributed by atoms with Crippen molar-refractivity contribution in [1.29, 1.82) is 5.26 Å². The SMILES string of the molecule is CC(C)C1CCC(C#N)(Cc2cn3ccsc3n2)CC1. The van der Waals surface area contributed by atoms with Gasteiger partial charge in [-0.2, -0.15) is 5.26 Å². The molecule has 3 nitrogen and oxygen atoms in total. The maximum absolute atomic E-state index is 9.67. The molecule has 0 amide bonds. The third-order valence-corrected chi connectivity index (χ3v) is 5.60. The number of thiazole rings is 1. The number of hydrogen-bond acceptors (Lipinski definition) is 3. The zero-order chi connectivity index (χ0) is 14.2. The molecule has 0 bridgehead atoms. The average Bonchev–Trinajstić information content (AvgIpc) is 3.00. The zero-order valence-corrected chi connectivity index (χ0v) is 13.0. The standard InChI is InChI=1S/C16H21N3S/c1-12(2)13-3-5-16(11-17,6-4-13)9-14-10-19-7-8-20-15(19)18-14/h7-8,10,12-13H,3-6,9H2,1-2H3. The quantitative estimate of drug-likeness (QED) is 0.844. The Morgan fingerprint density at radius 3 is 2.85 bits per heavy atom. The van der Waals surface area contributed by atoms with Crippen molar-refractivity contribution in [2.24, 2.45) is 17.3 Å². The molecule has 20 heavy (non-hydrogen) atoms. The van der Waals surface area contributed by atoms with Crippen LogP contribution >= 0.6 is 11.3 Å². The van der Waals surface area contributed by atoms with Crippen LogP contribution in [0.15, 0.2) is 17.8 Å². The molecule has 0 atom stereocenters. The third kappa shape index (κ3) is 2.47. The van der Waals surface area contributed by atoms with E-state index in [4.69, 9.17) is 0 Å². The van der Waals surface area contributed by atoms with Crippen molar-refractivity contribution in [2.45, 2.75) is 46.0 Å². The van der Waals surface area contributed by atoms with Gasteiger partial charge in [0, 0.05) is 24.2 Å². The van der Waals surface area contributed by atoms with Gasteiger partial charge in [0.05, 0.1) is 17.2 Å². The van der Waals surface area contributed by atoms with E-state index in [1.165, 1.54) is 12.8 Å². The number of rotatable bonds is 3. The highest BCUT2D eigenvalue weighted by Gasteiger charge is 2.37. The molecule has 1 saturated carbocycles. The van der Waals surface area contributed by atoms with Gasteiger partial charge in [-0.05, 0) is 37.5 Å². The van der Waals surface area contributed by atoms with Crippen LogP contribution in [0, 0.1) is 28.6 Å². The Morgan fingerprint density at radius 1 is 1.50 bits per heavy atom. The van der Waals surface area contributed by atoms with Crippen LogP contribution in [-0.4, -0.2) is 9.38 Å². The summed E-state index contributed by atoms with van der Waals surface area (Å²) in [5.74, 6) is 1.53. The van der Waals surface area contributed by atoms with E-state index >= 15 is 0 Å². The minimum atomic E-state index is -0.185. The Bertz CT molecular complexity index is 595. The Hall–Kier alpha value is -1.34. The van der Waals surface area contributed by atoms with E-state index in [1.54, 1.807) is 11.3 Å². The molecule has 0 N–H and O–H groups in total. The second kappa shape index (κ2) is 5.21. The first-order valence-electron chi connectivity index (χ1n) is 7.44. The summed E-state index contributed by atoms with van der Waals surface area (Å²) in [6, 6.07) is 2.62. The van der Waals surface area contributed by atoms with Crippen molar-refractivity contribution >= 4 is 16.3 Å². The topological polar surface area (TPSA) is 41.1 Å². The maximum Gasteiger partial charge on any atom is 0.193 e. The normalized spacial score (nSPS) is 27.0. The molecule has 0 aliphatic heterocycles. The van der Waals surface area contributed by atoms with Crippen LogP contribution in [0.4, 0.5) is 0 Å². The predicted octanol–water partition coefficient (Wildman–Crippen LogP) is 4.29. The summed E-state index contributed by atoms with van der Waals surface area (Å²) in [4.78, 5) is 5.68. The van der Waals surface area contributed by atoms with Crippen molar-refractivity contribution in [3.05, 3.63) is 23.5 Å². The smallest absolute Gasteiger partial charge is 0.193 e. The number of imidazole rings is 1. The zero-order valence-electron chi connectivity index (χ0n) is 12.2. The number of aromatic nitrogens is 2. The lowest BCUT2D eigenvalue weighted by Gasteiger charge is -2.36. The number of fused-ring (bicyclic) bond motifs is 1. The monoisotopic (exact) mass is 287 g/mol. The number of nitriles is 1. The van der Waals surface area contributed by atoms with E-state index in [-0.39, 0.29) is 5.41 Å². The van der Waals surface area contributed by atoms with Gasteiger partial charge in [-0.1, -0.05) is 13.8 Å². The fourth-order valence-corrected chi connectivity index (χ4v) is 4.11. The fraction of sp³-hybridized carbons (Fsp3) is 0.625. The molecule has 0 saturated heterocycles. The molecular weight excluding hydrogens is 266 g/mol. The maximum atomic E-state index is 9.67. The molecule has 1 aliphatic rings. The Labute approximate surface area is 124 Å². The van der Waals surface area contributed by atoms with Crippen LogP contribution < -0.4 is 0 Å². The van der Waals surface area contributed by atoms with Crippen molar-refractivity contribution in [1.82, 2.24) is 9.38 Å². The molecule has 1 aliphatic carbocycles. The van der Waals surface area contributed by atoms with Gasteiger partial charge in [0.25, 0.3) is 0 Å². The van der Waals surface area contributed by atoms with Crippen LogP contribution in [0.5, 0.6) is 0 Å². The van der Waals surface area contributed by atoms with Crippen LogP contribution in [0.2, 0.25) is 0 Å². The molecule has 3 rings (SSSR count). The Morgan fingerprint density at radius 2 is 2.25 bits per heavy atom.